The average Bonchev–Trinajstić information content (AvgIpc) is 2.84. The summed E-state index contributed by atoms with van der Waals surface area (Å²) in [5.74, 6) is 0.416. The molecule has 0 aliphatic carbocycles. The number of aromatic nitrogens is 2. The number of halogens is 1. The number of anilines is 2. The Hall–Kier alpha value is -1.40. The molecule has 2 rings (SSSR count). The van der Waals surface area contributed by atoms with Crippen molar-refractivity contribution in [1.82, 2.24) is 9.97 Å². The van der Waals surface area contributed by atoms with Gasteiger partial charge in [0.2, 0.25) is 11.2 Å². The molecule has 0 bridgehead atoms. The van der Waals surface area contributed by atoms with Crippen molar-refractivity contribution >= 4 is 29.0 Å². The van der Waals surface area contributed by atoms with E-state index in [1.54, 1.807) is 4.90 Å². The Morgan fingerprint density at radius 1 is 1.61 bits per heavy atom. The van der Waals surface area contributed by atoms with Gasteiger partial charge in [-0.15, -0.1) is 0 Å². The summed E-state index contributed by atoms with van der Waals surface area (Å²) in [6.45, 7) is 1.10. The van der Waals surface area contributed by atoms with Gasteiger partial charge in [-0.25, -0.2) is 4.98 Å². The molecular weight excluding hydrogens is 256 g/mol. The molecule has 1 aliphatic rings. The maximum atomic E-state index is 12.0. The van der Waals surface area contributed by atoms with Crippen LogP contribution < -0.4 is 10.2 Å². The minimum Gasteiger partial charge on any atom is -0.381 e. The van der Waals surface area contributed by atoms with Crippen LogP contribution in [-0.2, 0) is 9.53 Å². The van der Waals surface area contributed by atoms with Crippen molar-refractivity contribution in [2.75, 3.05) is 37.5 Å². The van der Waals surface area contributed by atoms with E-state index in [0.717, 1.165) is 6.42 Å². The molecule has 6 nitrogen and oxygen atoms in total. The Balaban J connectivity index is 2.15. The maximum Gasteiger partial charge on any atom is 0.230 e. The van der Waals surface area contributed by atoms with Crippen molar-refractivity contribution in [3.63, 3.8) is 0 Å². The highest BCUT2D eigenvalue weighted by Gasteiger charge is 2.24. The first-order valence-electron chi connectivity index (χ1n) is 5.66. The Bertz CT molecular complexity index is 447. The molecule has 0 aromatic carbocycles. The standard InChI is InChI=1S/C11H15ClN4O2/c1-16(2)9-8(5-13-11(12)15-9)14-10(17)7-3-4-18-6-7/h5,7H,3-4,6H2,1-2H3,(H,14,17). The van der Waals surface area contributed by atoms with Gasteiger partial charge in [0.05, 0.1) is 18.7 Å². The van der Waals surface area contributed by atoms with E-state index in [-0.39, 0.29) is 17.1 Å². The number of carbonyl (C=O) groups excluding carboxylic acids is 1. The Labute approximate surface area is 110 Å². The Kier molecular flexibility index (Phi) is 3.98. The van der Waals surface area contributed by atoms with Crippen LogP contribution in [0.15, 0.2) is 6.20 Å². The maximum absolute atomic E-state index is 12.0. The van der Waals surface area contributed by atoms with Crippen molar-refractivity contribution in [2.45, 2.75) is 6.42 Å². The SMILES string of the molecule is CN(C)c1nc(Cl)ncc1NC(=O)C1CCOC1. The lowest BCUT2D eigenvalue weighted by molar-refractivity contribution is -0.119. The second-order valence-corrected chi connectivity index (χ2v) is 4.66. The Morgan fingerprint density at radius 3 is 3.00 bits per heavy atom. The van der Waals surface area contributed by atoms with Gasteiger partial charge in [0.25, 0.3) is 0 Å². The highest BCUT2D eigenvalue weighted by Crippen LogP contribution is 2.23. The van der Waals surface area contributed by atoms with Gasteiger partial charge >= 0.3 is 0 Å². The number of carbonyl (C=O) groups is 1. The largest absolute Gasteiger partial charge is 0.381 e. The average molecular weight is 271 g/mol. The van der Waals surface area contributed by atoms with Gasteiger partial charge in [0.1, 0.15) is 5.69 Å². The molecule has 1 unspecified atom stereocenters. The molecule has 1 atom stereocenters. The fourth-order valence-electron chi connectivity index (χ4n) is 1.76. The first kappa shape index (κ1) is 13.0. The summed E-state index contributed by atoms with van der Waals surface area (Å²) in [7, 11) is 3.65. The van der Waals surface area contributed by atoms with Crippen LogP contribution in [0.3, 0.4) is 0 Å². The molecule has 1 aliphatic heterocycles. The molecule has 0 radical (unpaired) electrons. The summed E-state index contributed by atoms with van der Waals surface area (Å²) in [5, 5.41) is 2.97. The van der Waals surface area contributed by atoms with Crippen LogP contribution in [0.25, 0.3) is 0 Å². The monoisotopic (exact) mass is 270 g/mol. The second kappa shape index (κ2) is 5.49. The molecule has 2 heterocycles. The molecule has 7 heteroatoms. The van der Waals surface area contributed by atoms with E-state index in [0.29, 0.717) is 24.7 Å². The van der Waals surface area contributed by atoms with Gasteiger partial charge in [-0.3, -0.25) is 4.79 Å². The molecule has 1 N–H and O–H groups in total. The quantitative estimate of drug-likeness (QED) is 0.835. The summed E-state index contributed by atoms with van der Waals surface area (Å²) >= 11 is 5.74. The summed E-state index contributed by atoms with van der Waals surface area (Å²) in [6, 6.07) is 0. The van der Waals surface area contributed by atoms with Crippen molar-refractivity contribution in [3.05, 3.63) is 11.5 Å². The van der Waals surface area contributed by atoms with E-state index in [1.165, 1.54) is 6.20 Å². The summed E-state index contributed by atoms with van der Waals surface area (Å²) in [5.41, 5.74) is 0.557. The fraction of sp³-hybridized carbons (Fsp3) is 0.545. The predicted octanol–water partition coefficient (Wildman–Crippen LogP) is 1.17. The summed E-state index contributed by atoms with van der Waals surface area (Å²) < 4.78 is 5.19. The smallest absolute Gasteiger partial charge is 0.230 e. The van der Waals surface area contributed by atoms with Gasteiger partial charge in [-0.05, 0) is 18.0 Å². The lowest BCUT2D eigenvalue weighted by atomic mass is 10.1. The zero-order valence-corrected chi connectivity index (χ0v) is 11.1. The van der Waals surface area contributed by atoms with Crippen molar-refractivity contribution < 1.29 is 9.53 Å². The first-order chi connectivity index (χ1) is 8.58. The minimum absolute atomic E-state index is 0.0680. The molecule has 18 heavy (non-hydrogen) atoms. The third kappa shape index (κ3) is 2.88. The molecule has 1 amide bonds. The lowest BCUT2D eigenvalue weighted by Gasteiger charge is -2.17. The predicted molar refractivity (Wildman–Crippen MR) is 68.9 cm³/mol. The third-order valence-electron chi connectivity index (χ3n) is 2.72. The van der Waals surface area contributed by atoms with Crippen LogP contribution in [0.2, 0.25) is 5.28 Å². The lowest BCUT2D eigenvalue weighted by Crippen LogP contribution is -2.24. The highest BCUT2D eigenvalue weighted by molar-refractivity contribution is 6.28. The third-order valence-corrected chi connectivity index (χ3v) is 2.90. The molecular formula is C11H15ClN4O2. The number of hydrogen-bond donors (Lipinski definition) is 1. The van der Waals surface area contributed by atoms with E-state index in [9.17, 15) is 4.79 Å². The first-order valence-corrected chi connectivity index (χ1v) is 6.04. The van der Waals surface area contributed by atoms with Crippen LogP contribution in [0.1, 0.15) is 6.42 Å². The zero-order chi connectivity index (χ0) is 13.1. The molecule has 1 fully saturated rings. The number of amides is 1. The van der Waals surface area contributed by atoms with Crippen LogP contribution in [0, 0.1) is 5.92 Å². The number of nitrogens with zero attached hydrogens (tertiary/aromatic N) is 3. The van der Waals surface area contributed by atoms with Gasteiger partial charge in [0, 0.05) is 20.7 Å². The van der Waals surface area contributed by atoms with Gasteiger partial charge in [-0.1, -0.05) is 0 Å². The molecule has 1 aromatic rings. The number of hydrogen-bond acceptors (Lipinski definition) is 5. The molecule has 0 saturated carbocycles. The summed E-state index contributed by atoms with van der Waals surface area (Å²) in [4.78, 5) is 21.7. The normalized spacial score (nSPS) is 18.7. The Morgan fingerprint density at radius 2 is 2.39 bits per heavy atom. The van der Waals surface area contributed by atoms with Crippen molar-refractivity contribution in [1.29, 1.82) is 0 Å². The fourth-order valence-corrected chi connectivity index (χ4v) is 1.89. The minimum atomic E-state index is -0.101. The van der Waals surface area contributed by atoms with Crippen LogP contribution >= 0.6 is 11.6 Å². The molecule has 1 aromatic heterocycles. The van der Waals surface area contributed by atoms with Crippen LogP contribution in [-0.4, -0.2) is 43.2 Å². The summed E-state index contributed by atoms with van der Waals surface area (Å²) in [6.07, 6.45) is 2.26. The van der Waals surface area contributed by atoms with E-state index < -0.39 is 0 Å². The van der Waals surface area contributed by atoms with Gasteiger partial charge in [0.15, 0.2) is 5.82 Å². The second-order valence-electron chi connectivity index (χ2n) is 4.32. The van der Waals surface area contributed by atoms with E-state index in [4.69, 9.17) is 16.3 Å². The van der Waals surface area contributed by atoms with Crippen molar-refractivity contribution in [3.8, 4) is 0 Å². The van der Waals surface area contributed by atoms with Crippen LogP contribution in [0.4, 0.5) is 11.5 Å². The molecule has 98 valence electrons. The van der Waals surface area contributed by atoms with Crippen molar-refractivity contribution in [2.24, 2.45) is 5.92 Å². The van der Waals surface area contributed by atoms with E-state index in [1.807, 2.05) is 14.1 Å². The topological polar surface area (TPSA) is 67.4 Å². The molecule has 1 saturated heterocycles. The molecule has 0 spiro atoms. The van der Waals surface area contributed by atoms with Crippen LogP contribution in [0.5, 0.6) is 0 Å². The van der Waals surface area contributed by atoms with Gasteiger partial charge < -0.3 is 15.0 Å². The number of nitrogens with one attached hydrogen (secondary N) is 1. The highest BCUT2D eigenvalue weighted by atomic mass is 35.5. The van der Waals surface area contributed by atoms with Gasteiger partial charge in [-0.2, -0.15) is 4.98 Å². The van der Waals surface area contributed by atoms with E-state index >= 15 is 0 Å². The number of ether oxygens (including phenoxy) is 1. The zero-order valence-electron chi connectivity index (χ0n) is 10.3. The van der Waals surface area contributed by atoms with E-state index in [2.05, 4.69) is 15.3 Å². The number of rotatable bonds is 3.